The second-order valence-electron chi connectivity index (χ2n) is 25.0. The molecule has 8 bridgehead atoms. The average Bonchev–Trinajstić information content (AvgIpc) is 3.84. The van der Waals surface area contributed by atoms with Crippen molar-refractivity contribution < 1.29 is 29.1 Å². The van der Waals surface area contributed by atoms with Crippen molar-refractivity contribution >= 4 is 45.5 Å². The zero-order valence-electron chi connectivity index (χ0n) is 46.5. The van der Waals surface area contributed by atoms with Crippen molar-refractivity contribution in [3.8, 4) is 0 Å². The predicted molar refractivity (Wildman–Crippen MR) is 309 cm³/mol. The number of aliphatic carboxylic acids is 1. The molecule has 12 rings (SSSR count). The number of para-hydroxylation sites is 4. The number of fused-ring (bicyclic) bond motifs is 10. The van der Waals surface area contributed by atoms with Crippen molar-refractivity contribution in [1.29, 1.82) is 0 Å². The van der Waals surface area contributed by atoms with Gasteiger partial charge in [0.2, 0.25) is 0 Å². The molecule has 0 radical (unpaired) electrons. The summed E-state index contributed by atoms with van der Waals surface area (Å²) in [7, 11) is 1.42. The van der Waals surface area contributed by atoms with E-state index in [9.17, 15) is 29.1 Å². The number of hydrogen-bond donors (Lipinski definition) is 1. The molecule has 6 unspecified atom stereocenters. The fraction of sp³-hybridized carbons (Fsp3) is 0.688. The molecule has 1 N–H and O–H groups in total. The van der Waals surface area contributed by atoms with E-state index in [1.807, 2.05) is 57.7 Å². The third kappa shape index (κ3) is 12.5. The number of rotatable bonds is 14. The molecular weight excluding hydrogens is 995 g/mol. The van der Waals surface area contributed by atoms with E-state index in [0.29, 0.717) is 47.5 Å². The Morgan fingerprint density at radius 2 is 0.962 bits per heavy atom. The van der Waals surface area contributed by atoms with Crippen LogP contribution in [-0.2, 0) is 19.2 Å². The second kappa shape index (κ2) is 25.7. The molecule has 8 aliphatic rings. The number of hydrogen-bond acceptors (Lipinski definition) is 12. The number of piperidine rings is 4. The number of carbonyl (C=O) groups is 3. The molecule has 0 amide bonds. The van der Waals surface area contributed by atoms with Gasteiger partial charge in [0, 0.05) is 61.2 Å². The number of benzene rings is 2. The van der Waals surface area contributed by atoms with E-state index in [2.05, 4.69) is 24.9 Å². The van der Waals surface area contributed by atoms with Crippen LogP contribution in [0.4, 0.5) is 0 Å². The molecular formula is C64H89N7O8. The van der Waals surface area contributed by atoms with Gasteiger partial charge in [-0.1, -0.05) is 101 Å². The van der Waals surface area contributed by atoms with E-state index in [1.54, 1.807) is 6.92 Å². The quantitative estimate of drug-likeness (QED) is 0.0547. The lowest BCUT2D eigenvalue weighted by Crippen LogP contribution is -2.58. The largest absolute Gasteiger partial charge is 0.481 e. The number of ether oxygens (including phenoxy) is 1. The van der Waals surface area contributed by atoms with Crippen LogP contribution in [0.5, 0.6) is 0 Å². The van der Waals surface area contributed by atoms with Gasteiger partial charge in [0.1, 0.15) is 12.8 Å². The van der Waals surface area contributed by atoms with E-state index in [-0.39, 0.29) is 80.1 Å². The molecule has 10 atom stereocenters. The maximum atomic E-state index is 14.1. The highest BCUT2D eigenvalue weighted by Crippen LogP contribution is 2.49. The molecule has 0 spiro atoms. The Morgan fingerprint density at radius 1 is 0.532 bits per heavy atom. The summed E-state index contributed by atoms with van der Waals surface area (Å²) in [4.78, 5) is 84.4. The van der Waals surface area contributed by atoms with Crippen molar-refractivity contribution in [2.75, 3.05) is 13.7 Å². The van der Waals surface area contributed by atoms with Gasteiger partial charge in [-0.05, 0) is 145 Å². The first-order chi connectivity index (χ1) is 38.0. The second-order valence-corrected chi connectivity index (χ2v) is 25.0. The lowest BCUT2D eigenvalue weighted by Gasteiger charge is -2.54. The van der Waals surface area contributed by atoms with Crippen molar-refractivity contribution in [2.45, 2.75) is 242 Å². The maximum Gasteiger partial charge on any atom is 0.306 e. The highest BCUT2D eigenvalue weighted by atomic mass is 16.6. The van der Waals surface area contributed by atoms with Crippen LogP contribution >= 0.6 is 0 Å². The molecule has 428 valence electrons. The molecule has 15 heteroatoms. The van der Waals surface area contributed by atoms with Crippen molar-refractivity contribution in [3.05, 3.63) is 80.6 Å². The highest BCUT2D eigenvalue weighted by molar-refractivity contribution is 6.01. The molecule has 4 aliphatic heterocycles. The molecule has 4 saturated heterocycles. The smallest absolute Gasteiger partial charge is 0.306 e. The van der Waals surface area contributed by atoms with Gasteiger partial charge in [0.25, 0.3) is 11.1 Å². The van der Waals surface area contributed by atoms with Crippen molar-refractivity contribution in [3.63, 3.8) is 0 Å². The van der Waals surface area contributed by atoms with Crippen LogP contribution in [0.25, 0.3) is 22.1 Å². The summed E-state index contributed by atoms with van der Waals surface area (Å²) < 4.78 is 8.84. The van der Waals surface area contributed by atoms with Gasteiger partial charge in [0.05, 0.1) is 41.5 Å². The number of oxime groups is 1. The predicted octanol–water partition coefficient (Wildman–Crippen LogP) is 12.0. The van der Waals surface area contributed by atoms with Crippen LogP contribution in [0.15, 0.2) is 63.3 Å². The van der Waals surface area contributed by atoms with E-state index in [4.69, 9.17) is 9.57 Å². The number of carbonyl (C=O) groups excluding carboxylic acids is 2. The third-order valence-corrected chi connectivity index (χ3v) is 20.1. The Hall–Kier alpha value is -5.28. The number of Topliss-reactive ketones (excluding diaryl/α,β-unsaturated/α-hetero) is 1. The summed E-state index contributed by atoms with van der Waals surface area (Å²) in [6, 6.07) is 19.0. The molecule has 2 aromatic heterocycles. The molecule has 6 heterocycles. The normalized spacial score (nSPS) is 30.9. The van der Waals surface area contributed by atoms with E-state index < -0.39 is 11.9 Å². The molecule has 4 aromatic rings. The fourth-order valence-corrected chi connectivity index (χ4v) is 17.1. The first-order valence-corrected chi connectivity index (χ1v) is 30.6. The lowest BCUT2D eigenvalue weighted by molar-refractivity contribution is -0.143. The summed E-state index contributed by atoms with van der Waals surface area (Å²) in [6.45, 7) is 2.02. The standard InChI is InChI=1S/C32H43N3O4.C31H42N4O4.CH4/c1-2-39-30(37)15-14-29(36)31-32(38)35(28-13-6-5-12-27(28)33-31)26-19-23-10-7-11-24(20-26)34(23)25-17-21-8-3-4-9-22(16-21)18-25;1-39-33-27(13-14-29(36)37)30-31(38)35(28-12-5-4-11-26(28)32-30)25-18-22-9-6-10-23(19-25)34(22)24-16-20-7-2-3-8-21(15-20)17-24;/h5-6,12-13,21-26H,2-4,7-11,14-20H2,1H3;4-5,11-12,20-25H,2-3,6-10,13-19H2,1H3,(H,36,37);1H4/b;33-27+;/t21?,22?,23-,24+,25?,26?;20?,21?,22-,23+,24?,25?;. The van der Waals surface area contributed by atoms with Crippen LogP contribution in [0.2, 0.25) is 0 Å². The van der Waals surface area contributed by atoms with Crippen molar-refractivity contribution in [1.82, 2.24) is 28.9 Å². The van der Waals surface area contributed by atoms with Gasteiger partial charge < -0.3 is 23.8 Å². The minimum absolute atomic E-state index is 0. The van der Waals surface area contributed by atoms with Crippen molar-refractivity contribution in [2.24, 2.45) is 28.8 Å². The van der Waals surface area contributed by atoms with Gasteiger partial charge in [-0.2, -0.15) is 0 Å². The third-order valence-electron chi connectivity index (χ3n) is 20.1. The van der Waals surface area contributed by atoms with E-state index >= 15 is 0 Å². The number of ketones is 1. The molecule has 2 aromatic carbocycles. The molecule has 8 fully saturated rings. The monoisotopic (exact) mass is 1080 g/mol. The summed E-state index contributed by atoms with van der Waals surface area (Å²) in [5.74, 6) is 1.84. The Labute approximate surface area is 467 Å². The van der Waals surface area contributed by atoms with Crippen LogP contribution in [0.3, 0.4) is 0 Å². The van der Waals surface area contributed by atoms with Crippen LogP contribution in [0.1, 0.15) is 222 Å². The first kappa shape index (κ1) is 57.0. The van der Waals surface area contributed by atoms with Gasteiger partial charge in [-0.15, -0.1) is 0 Å². The maximum absolute atomic E-state index is 14.1. The summed E-state index contributed by atoms with van der Waals surface area (Å²) in [6.07, 6.45) is 30.6. The minimum atomic E-state index is -0.942. The molecule has 79 heavy (non-hydrogen) atoms. The van der Waals surface area contributed by atoms with Crippen LogP contribution in [-0.4, -0.2) is 107 Å². The lowest BCUT2D eigenvalue weighted by atomic mass is 9.73. The molecule has 4 saturated carbocycles. The first-order valence-electron chi connectivity index (χ1n) is 30.6. The van der Waals surface area contributed by atoms with Crippen LogP contribution < -0.4 is 11.1 Å². The summed E-state index contributed by atoms with van der Waals surface area (Å²) in [5, 5.41) is 13.3. The SMILES string of the molecule is C.CCOC(=O)CCC(=O)c1nc2ccccc2n(C2C[C@H]3CCC[C@@H](C2)N3C2CC3CCCCC(C3)C2)c1=O.CO/N=C(\CCC(=O)O)c1nc2ccccc2n(C2C[C@H]3CCC[C@@H](C2)N3C2CC3CCCCC(C3)C2)c1=O. The molecule has 4 aliphatic carbocycles. The zero-order valence-corrected chi connectivity index (χ0v) is 46.5. The van der Waals surface area contributed by atoms with E-state index in [0.717, 1.165) is 65.9 Å². The number of aromatic nitrogens is 4. The summed E-state index contributed by atoms with van der Waals surface area (Å²) in [5.41, 5.74) is 3.04. The van der Waals surface area contributed by atoms with Gasteiger partial charge in [-0.25, -0.2) is 9.97 Å². The number of carboxylic acids is 1. The Bertz CT molecular complexity index is 2900. The number of carboxylic acid groups (broad SMARTS) is 1. The zero-order chi connectivity index (χ0) is 53.9. The highest BCUT2D eigenvalue weighted by Gasteiger charge is 2.47. The van der Waals surface area contributed by atoms with Crippen LogP contribution in [0, 0.1) is 23.7 Å². The Morgan fingerprint density at radius 3 is 1.39 bits per heavy atom. The minimum Gasteiger partial charge on any atom is -0.481 e. The number of esters is 1. The van der Waals surface area contributed by atoms with Gasteiger partial charge >= 0.3 is 11.9 Å². The Balaban J connectivity index is 0.000000176. The Kier molecular flexibility index (Phi) is 18.5. The molecule has 15 nitrogen and oxygen atoms in total. The number of nitrogens with zero attached hydrogens (tertiary/aromatic N) is 7. The van der Waals surface area contributed by atoms with Gasteiger partial charge in [0.15, 0.2) is 17.2 Å². The van der Waals surface area contributed by atoms with Gasteiger partial charge in [-0.3, -0.25) is 33.8 Å². The fourth-order valence-electron chi connectivity index (χ4n) is 17.1. The average molecular weight is 1080 g/mol. The van der Waals surface area contributed by atoms with E-state index in [1.165, 1.54) is 136 Å². The summed E-state index contributed by atoms with van der Waals surface area (Å²) >= 11 is 0. The topological polar surface area (TPSA) is 179 Å².